The molecule has 1 N–H and O–H groups in total. The SMILES string of the molecule is CC1CCCN(CCS(=O)(=O)c2ccc(C(=O)O)cc2)C1. The molecular weight excluding hydrogens is 290 g/mol. The molecule has 1 aliphatic rings. The van der Waals surface area contributed by atoms with Crippen molar-refractivity contribution in [3.63, 3.8) is 0 Å². The van der Waals surface area contributed by atoms with Crippen LogP contribution in [0.3, 0.4) is 0 Å². The smallest absolute Gasteiger partial charge is 0.335 e. The Hall–Kier alpha value is -1.40. The lowest BCUT2D eigenvalue weighted by atomic mass is 10.0. The van der Waals surface area contributed by atoms with Crippen molar-refractivity contribution in [3.05, 3.63) is 29.8 Å². The molecule has 1 fully saturated rings. The van der Waals surface area contributed by atoms with Crippen LogP contribution in [0.1, 0.15) is 30.1 Å². The fraction of sp³-hybridized carbons (Fsp3) is 0.533. The summed E-state index contributed by atoms with van der Waals surface area (Å²) in [6.07, 6.45) is 2.33. The van der Waals surface area contributed by atoms with Gasteiger partial charge in [-0.1, -0.05) is 6.92 Å². The molecule has 5 nitrogen and oxygen atoms in total. The minimum atomic E-state index is -3.35. The minimum absolute atomic E-state index is 0.0755. The largest absolute Gasteiger partial charge is 0.478 e. The lowest BCUT2D eigenvalue weighted by Crippen LogP contribution is -2.37. The average Bonchev–Trinajstić information content (AvgIpc) is 2.45. The van der Waals surface area contributed by atoms with Crippen molar-refractivity contribution in [3.8, 4) is 0 Å². The zero-order valence-electron chi connectivity index (χ0n) is 12.2. The molecule has 116 valence electrons. The Kier molecular flexibility index (Phi) is 5.00. The van der Waals surface area contributed by atoms with E-state index in [0.717, 1.165) is 19.5 Å². The van der Waals surface area contributed by atoms with E-state index in [4.69, 9.17) is 5.11 Å². The molecule has 0 saturated carbocycles. The minimum Gasteiger partial charge on any atom is -0.478 e. The van der Waals surface area contributed by atoms with Crippen molar-refractivity contribution >= 4 is 15.8 Å². The molecule has 1 saturated heterocycles. The Balaban J connectivity index is 1.99. The van der Waals surface area contributed by atoms with Gasteiger partial charge in [-0.3, -0.25) is 0 Å². The zero-order valence-corrected chi connectivity index (χ0v) is 13.0. The maximum absolute atomic E-state index is 12.3. The highest BCUT2D eigenvalue weighted by Gasteiger charge is 2.20. The number of aromatic carboxylic acids is 1. The second-order valence-corrected chi connectivity index (χ2v) is 7.81. The van der Waals surface area contributed by atoms with Crippen LogP contribution in [0, 0.1) is 5.92 Å². The van der Waals surface area contributed by atoms with Crippen LogP contribution in [0.25, 0.3) is 0 Å². The van der Waals surface area contributed by atoms with E-state index < -0.39 is 15.8 Å². The number of likely N-dealkylation sites (tertiary alicyclic amines) is 1. The van der Waals surface area contributed by atoms with Crippen LogP contribution in [0.5, 0.6) is 0 Å². The van der Waals surface area contributed by atoms with Crippen molar-refractivity contribution in [1.82, 2.24) is 4.90 Å². The van der Waals surface area contributed by atoms with E-state index in [2.05, 4.69) is 11.8 Å². The summed E-state index contributed by atoms with van der Waals surface area (Å²) in [6, 6.07) is 5.41. The molecule has 21 heavy (non-hydrogen) atoms. The number of sulfone groups is 1. The Morgan fingerprint density at radius 2 is 2.00 bits per heavy atom. The number of rotatable bonds is 5. The number of carboxylic acids is 1. The van der Waals surface area contributed by atoms with Gasteiger partial charge in [0.25, 0.3) is 0 Å². The monoisotopic (exact) mass is 311 g/mol. The van der Waals surface area contributed by atoms with E-state index in [-0.39, 0.29) is 16.2 Å². The van der Waals surface area contributed by atoms with Gasteiger partial charge in [0.2, 0.25) is 0 Å². The molecule has 0 amide bonds. The van der Waals surface area contributed by atoms with E-state index in [9.17, 15) is 13.2 Å². The first-order valence-electron chi connectivity index (χ1n) is 7.17. The van der Waals surface area contributed by atoms with E-state index in [1.165, 1.54) is 30.7 Å². The van der Waals surface area contributed by atoms with Gasteiger partial charge in [-0.05, 0) is 49.6 Å². The molecule has 0 spiro atoms. The fourth-order valence-corrected chi connectivity index (χ4v) is 3.95. The number of piperidine rings is 1. The van der Waals surface area contributed by atoms with Crippen molar-refractivity contribution < 1.29 is 18.3 Å². The van der Waals surface area contributed by atoms with Gasteiger partial charge in [0.15, 0.2) is 9.84 Å². The molecule has 1 unspecified atom stereocenters. The molecule has 1 aromatic carbocycles. The van der Waals surface area contributed by atoms with Crippen molar-refractivity contribution in [2.45, 2.75) is 24.7 Å². The third-order valence-electron chi connectivity index (χ3n) is 3.88. The fourth-order valence-electron chi connectivity index (χ4n) is 2.66. The highest BCUT2D eigenvalue weighted by Crippen LogP contribution is 2.17. The Morgan fingerprint density at radius 1 is 1.33 bits per heavy atom. The Morgan fingerprint density at radius 3 is 2.57 bits per heavy atom. The molecule has 2 rings (SSSR count). The van der Waals surface area contributed by atoms with Crippen LogP contribution in [-0.4, -0.2) is 49.8 Å². The molecule has 0 aromatic heterocycles. The van der Waals surface area contributed by atoms with Gasteiger partial charge in [0.05, 0.1) is 16.2 Å². The van der Waals surface area contributed by atoms with Crippen molar-refractivity contribution in [2.75, 3.05) is 25.4 Å². The molecular formula is C15H21NO4S. The molecule has 0 aliphatic carbocycles. The second-order valence-electron chi connectivity index (χ2n) is 5.70. The molecule has 1 aliphatic heterocycles. The summed E-state index contributed by atoms with van der Waals surface area (Å²) in [5.74, 6) is -0.357. The predicted octanol–water partition coefficient (Wildman–Crippen LogP) is 1.89. The van der Waals surface area contributed by atoms with Crippen LogP contribution in [0.4, 0.5) is 0 Å². The van der Waals surface area contributed by atoms with Crippen LogP contribution in [0.15, 0.2) is 29.2 Å². The maximum Gasteiger partial charge on any atom is 0.335 e. The van der Waals surface area contributed by atoms with Crippen molar-refractivity contribution in [1.29, 1.82) is 0 Å². The van der Waals surface area contributed by atoms with Crippen LogP contribution in [0.2, 0.25) is 0 Å². The highest BCUT2D eigenvalue weighted by molar-refractivity contribution is 7.91. The zero-order chi connectivity index (χ0) is 15.5. The molecule has 0 radical (unpaired) electrons. The number of benzene rings is 1. The van der Waals surface area contributed by atoms with E-state index in [0.29, 0.717) is 12.5 Å². The summed E-state index contributed by atoms with van der Waals surface area (Å²) in [4.78, 5) is 13.2. The molecule has 1 heterocycles. The second kappa shape index (κ2) is 6.58. The topological polar surface area (TPSA) is 74.7 Å². The summed E-state index contributed by atoms with van der Waals surface area (Å²) in [5, 5.41) is 8.82. The quantitative estimate of drug-likeness (QED) is 0.899. The maximum atomic E-state index is 12.3. The first kappa shape index (κ1) is 16.0. The summed E-state index contributed by atoms with van der Waals surface area (Å²) in [5.41, 5.74) is 0.0961. The van der Waals surface area contributed by atoms with Gasteiger partial charge in [0, 0.05) is 13.1 Å². The average molecular weight is 311 g/mol. The standard InChI is InChI=1S/C15H21NO4S/c1-12-3-2-8-16(11-12)9-10-21(19,20)14-6-4-13(5-7-14)15(17)18/h4-7,12H,2-3,8-11H2,1H3,(H,17,18). The summed E-state index contributed by atoms with van der Waals surface area (Å²) in [6.45, 7) is 4.63. The van der Waals surface area contributed by atoms with Gasteiger partial charge in [-0.25, -0.2) is 13.2 Å². The lowest BCUT2D eigenvalue weighted by molar-refractivity contribution is 0.0696. The number of carbonyl (C=O) groups is 1. The highest BCUT2D eigenvalue weighted by atomic mass is 32.2. The summed E-state index contributed by atoms with van der Waals surface area (Å²) < 4.78 is 24.5. The van der Waals surface area contributed by atoms with Gasteiger partial charge in [-0.15, -0.1) is 0 Å². The lowest BCUT2D eigenvalue weighted by Gasteiger charge is -2.30. The third kappa shape index (κ3) is 4.28. The molecule has 1 atom stereocenters. The molecule has 6 heteroatoms. The van der Waals surface area contributed by atoms with E-state index in [1.807, 2.05) is 0 Å². The Labute approximate surface area is 125 Å². The van der Waals surface area contributed by atoms with Gasteiger partial charge in [-0.2, -0.15) is 0 Å². The van der Waals surface area contributed by atoms with Gasteiger partial charge >= 0.3 is 5.97 Å². The first-order chi connectivity index (χ1) is 9.88. The summed E-state index contributed by atoms with van der Waals surface area (Å²) >= 11 is 0. The van der Waals surface area contributed by atoms with E-state index in [1.54, 1.807) is 0 Å². The Bertz CT molecular complexity index is 595. The molecule has 1 aromatic rings. The van der Waals surface area contributed by atoms with Gasteiger partial charge in [0.1, 0.15) is 0 Å². The van der Waals surface area contributed by atoms with E-state index >= 15 is 0 Å². The molecule has 0 bridgehead atoms. The van der Waals surface area contributed by atoms with Crippen LogP contribution < -0.4 is 0 Å². The van der Waals surface area contributed by atoms with Crippen LogP contribution in [-0.2, 0) is 9.84 Å². The number of nitrogens with zero attached hydrogens (tertiary/aromatic N) is 1. The van der Waals surface area contributed by atoms with Crippen LogP contribution >= 0.6 is 0 Å². The number of carboxylic acid groups (broad SMARTS) is 1. The van der Waals surface area contributed by atoms with Gasteiger partial charge < -0.3 is 10.0 Å². The normalized spacial score (nSPS) is 20.3. The third-order valence-corrected chi connectivity index (χ3v) is 5.59. The number of hydrogen-bond donors (Lipinski definition) is 1. The summed E-state index contributed by atoms with van der Waals surface area (Å²) in [7, 11) is -3.35. The number of hydrogen-bond acceptors (Lipinski definition) is 4. The predicted molar refractivity (Wildman–Crippen MR) is 80.3 cm³/mol. The van der Waals surface area contributed by atoms with Crippen molar-refractivity contribution in [2.24, 2.45) is 5.92 Å². The first-order valence-corrected chi connectivity index (χ1v) is 8.82.